The first-order valence-corrected chi connectivity index (χ1v) is 9.89. The number of nitrogens with zero attached hydrogens (tertiary/aromatic N) is 1. The summed E-state index contributed by atoms with van der Waals surface area (Å²) in [5, 5.41) is 19.3. The van der Waals surface area contributed by atoms with Gasteiger partial charge in [0.15, 0.2) is 17.4 Å². The minimum atomic E-state index is -4.94. The number of carbonyl (C=O) groups excluding carboxylic acids is 1. The molecule has 1 aromatic heterocycles. The average molecular weight is 485 g/mol. The predicted octanol–water partition coefficient (Wildman–Crippen LogP) is 5.73. The fraction of sp³-hybridized carbons (Fsp3) is 0.304. The molecular weight excluding hydrogens is 465 g/mol. The summed E-state index contributed by atoms with van der Waals surface area (Å²) in [6.07, 6.45) is -4.94. The molecular formula is C23H20F5NO5. The minimum Gasteiger partial charge on any atom is -0.503 e. The van der Waals surface area contributed by atoms with Gasteiger partial charge in [-0.2, -0.15) is 0 Å². The first-order valence-electron chi connectivity index (χ1n) is 9.89. The van der Waals surface area contributed by atoms with Crippen molar-refractivity contribution < 1.29 is 46.5 Å². The number of hydrogen-bond donors (Lipinski definition) is 2. The third-order valence-corrected chi connectivity index (χ3v) is 5.35. The van der Waals surface area contributed by atoms with E-state index >= 15 is 4.39 Å². The van der Waals surface area contributed by atoms with E-state index < -0.39 is 58.1 Å². The van der Waals surface area contributed by atoms with Gasteiger partial charge in [0.25, 0.3) is 5.91 Å². The van der Waals surface area contributed by atoms with Gasteiger partial charge in [-0.05, 0) is 42.2 Å². The van der Waals surface area contributed by atoms with E-state index in [1.54, 1.807) is 20.8 Å². The maximum atomic E-state index is 15.1. The Morgan fingerprint density at radius 2 is 1.62 bits per heavy atom. The molecule has 1 atom stereocenters. The fourth-order valence-corrected chi connectivity index (χ4v) is 3.98. The van der Waals surface area contributed by atoms with Crippen LogP contribution in [0, 0.1) is 24.0 Å². The number of rotatable bonds is 4. The molecule has 0 saturated heterocycles. The molecule has 11 heteroatoms. The molecule has 3 aromatic rings. The molecule has 0 fully saturated rings. The number of halogens is 5. The van der Waals surface area contributed by atoms with E-state index in [9.17, 15) is 37.4 Å². The first-order chi connectivity index (χ1) is 15.5. The summed E-state index contributed by atoms with van der Waals surface area (Å²) in [5.41, 5.74) is -1.63. The lowest BCUT2D eigenvalue weighted by atomic mass is 9.75. The highest BCUT2D eigenvalue weighted by Crippen LogP contribution is 2.44. The summed E-state index contributed by atoms with van der Waals surface area (Å²) in [6, 6.07) is 4.54. The van der Waals surface area contributed by atoms with Gasteiger partial charge < -0.3 is 14.9 Å². The van der Waals surface area contributed by atoms with Gasteiger partial charge in [-0.3, -0.25) is 14.2 Å². The minimum absolute atomic E-state index is 0.0261. The molecule has 1 heterocycles. The van der Waals surface area contributed by atoms with Gasteiger partial charge in [0.2, 0.25) is 0 Å². The van der Waals surface area contributed by atoms with Gasteiger partial charge in [-0.1, -0.05) is 20.8 Å². The Balaban J connectivity index is 2.29. The van der Waals surface area contributed by atoms with E-state index in [0.29, 0.717) is 6.07 Å². The van der Waals surface area contributed by atoms with Crippen molar-refractivity contribution in [1.29, 1.82) is 0 Å². The highest BCUT2D eigenvalue weighted by molar-refractivity contribution is 6.05. The summed E-state index contributed by atoms with van der Waals surface area (Å²) in [7, 11) is 0. The molecule has 0 saturated carbocycles. The van der Waals surface area contributed by atoms with E-state index in [1.807, 2.05) is 0 Å². The lowest BCUT2D eigenvalue weighted by Gasteiger charge is -2.28. The predicted molar refractivity (Wildman–Crippen MR) is 111 cm³/mol. The second-order valence-electron chi connectivity index (χ2n) is 8.76. The van der Waals surface area contributed by atoms with Gasteiger partial charge in [-0.15, -0.1) is 13.2 Å². The van der Waals surface area contributed by atoms with Crippen molar-refractivity contribution in [2.45, 2.75) is 40.0 Å². The van der Waals surface area contributed by atoms with Crippen molar-refractivity contribution in [1.82, 2.24) is 4.57 Å². The Morgan fingerprint density at radius 1 is 1.06 bits per heavy atom. The van der Waals surface area contributed by atoms with Crippen LogP contribution >= 0.6 is 0 Å². The van der Waals surface area contributed by atoms with E-state index in [-0.39, 0.29) is 22.3 Å². The molecule has 34 heavy (non-hydrogen) atoms. The second kappa shape index (κ2) is 8.30. The molecule has 0 spiro atoms. The molecule has 0 aliphatic heterocycles. The summed E-state index contributed by atoms with van der Waals surface area (Å²) in [5.74, 6) is -8.28. The first kappa shape index (κ1) is 25.0. The molecule has 1 unspecified atom stereocenters. The zero-order valence-electron chi connectivity index (χ0n) is 18.4. The van der Waals surface area contributed by atoms with Gasteiger partial charge >= 0.3 is 12.3 Å². The molecule has 2 aromatic carbocycles. The molecule has 2 N–H and O–H groups in total. The molecule has 6 nitrogen and oxygen atoms in total. The molecule has 0 bridgehead atoms. The Bertz CT molecular complexity index is 1290. The second-order valence-corrected chi connectivity index (χ2v) is 8.76. The SMILES string of the molecule is Cc1c(C(C(=O)O)C(C)(C)C)c2c(F)c(O)c(F)cc2n1C(=O)c1ccc(OC(F)(F)F)cc1. The third-order valence-electron chi connectivity index (χ3n) is 5.35. The lowest BCUT2D eigenvalue weighted by Crippen LogP contribution is -2.27. The van der Waals surface area contributed by atoms with Crippen LogP contribution in [0.5, 0.6) is 11.5 Å². The highest BCUT2D eigenvalue weighted by Gasteiger charge is 2.39. The number of aromatic hydroxyl groups is 1. The largest absolute Gasteiger partial charge is 0.573 e. The molecule has 0 aliphatic rings. The quantitative estimate of drug-likeness (QED) is 0.461. The molecule has 0 radical (unpaired) electrons. The van der Waals surface area contributed by atoms with Crippen molar-refractivity contribution in [3.63, 3.8) is 0 Å². The number of alkyl halides is 3. The van der Waals surface area contributed by atoms with E-state index in [1.165, 1.54) is 6.92 Å². The van der Waals surface area contributed by atoms with Crippen LogP contribution in [0.3, 0.4) is 0 Å². The van der Waals surface area contributed by atoms with E-state index in [0.717, 1.165) is 28.8 Å². The van der Waals surface area contributed by atoms with Crippen molar-refractivity contribution in [3.8, 4) is 11.5 Å². The standard InChI is InChI=1S/C23H20F5NO5/c1-10-15(17(21(32)33)22(2,3)4)16-14(9-13(24)19(30)18(16)25)29(10)20(31)11-5-7-12(8-6-11)34-23(26,27)28/h5-9,17,30H,1-4H3,(H,32,33). The van der Waals surface area contributed by atoms with Crippen LogP contribution in [-0.2, 0) is 4.79 Å². The topological polar surface area (TPSA) is 88.8 Å². The normalized spacial score (nSPS) is 13.2. The lowest BCUT2D eigenvalue weighted by molar-refractivity contribution is -0.274. The van der Waals surface area contributed by atoms with Gasteiger partial charge in [0.05, 0.1) is 11.4 Å². The van der Waals surface area contributed by atoms with Gasteiger partial charge in [-0.25, -0.2) is 8.78 Å². The zero-order chi connectivity index (χ0) is 25.7. The Kier molecular flexibility index (Phi) is 6.10. The summed E-state index contributed by atoms with van der Waals surface area (Å²) >= 11 is 0. The molecule has 182 valence electrons. The van der Waals surface area contributed by atoms with Gasteiger partial charge in [0.1, 0.15) is 5.75 Å². The van der Waals surface area contributed by atoms with E-state index in [2.05, 4.69) is 4.74 Å². The van der Waals surface area contributed by atoms with E-state index in [4.69, 9.17) is 0 Å². The number of phenols is 1. The zero-order valence-corrected chi connectivity index (χ0v) is 18.4. The number of fused-ring (bicyclic) bond motifs is 1. The van der Waals surface area contributed by atoms with Gasteiger partial charge in [0, 0.05) is 22.7 Å². The van der Waals surface area contributed by atoms with Crippen molar-refractivity contribution in [2.24, 2.45) is 5.41 Å². The number of carbonyl (C=O) groups is 2. The maximum absolute atomic E-state index is 15.1. The Hall–Kier alpha value is -3.63. The summed E-state index contributed by atoms with van der Waals surface area (Å²) < 4.78 is 71.2. The van der Waals surface area contributed by atoms with Crippen molar-refractivity contribution in [2.75, 3.05) is 0 Å². The number of aromatic nitrogens is 1. The number of benzene rings is 2. The molecule has 3 rings (SSSR count). The Labute approximate surface area is 190 Å². The van der Waals surface area contributed by atoms with Crippen LogP contribution in [0.2, 0.25) is 0 Å². The number of hydrogen-bond acceptors (Lipinski definition) is 4. The van der Waals surface area contributed by atoms with Crippen molar-refractivity contribution >= 4 is 22.8 Å². The summed E-state index contributed by atoms with van der Waals surface area (Å²) in [4.78, 5) is 25.4. The van der Waals surface area contributed by atoms with Crippen molar-refractivity contribution in [3.05, 3.63) is 58.8 Å². The number of carboxylic acids is 1. The molecule has 0 amide bonds. The molecule has 0 aliphatic carbocycles. The van der Waals surface area contributed by atoms with Crippen LogP contribution in [0.1, 0.15) is 48.3 Å². The van der Waals surface area contributed by atoms with Crippen LogP contribution in [0.25, 0.3) is 10.9 Å². The highest BCUT2D eigenvalue weighted by atomic mass is 19.4. The third kappa shape index (κ3) is 4.42. The number of carboxylic acid groups (broad SMARTS) is 1. The van der Waals surface area contributed by atoms with Crippen LogP contribution in [0.4, 0.5) is 22.0 Å². The monoisotopic (exact) mass is 485 g/mol. The fourth-order valence-electron chi connectivity index (χ4n) is 3.98. The number of aliphatic carboxylic acids is 1. The number of ether oxygens (including phenoxy) is 1. The summed E-state index contributed by atoms with van der Waals surface area (Å²) in [6.45, 7) is 6.08. The van der Waals surface area contributed by atoms with Crippen LogP contribution in [-0.4, -0.2) is 33.0 Å². The average Bonchev–Trinajstić information content (AvgIpc) is 2.95. The van der Waals surface area contributed by atoms with Crippen LogP contribution in [0.15, 0.2) is 30.3 Å². The van der Waals surface area contributed by atoms with Crippen LogP contribution < -0.4 is 4.74 Å². The smallest absolute Gasteiger partial charge is 0.503 e. The number of phenolic OH excluding ortho intramolecular Hbond substituents is 1. The maximum Gasteiger partial charge on any atom is 0.573 e. The Morgan fingerprint density at radius 3 is 2.09 bits per heavy atom.